The van der Waals surface area contributed by atoms with E-state index in [0.717, 1.165) is 30.1 Å². The van der Waals surface area contributed by atoms with E-state index in [1.54, 1.807) is 13.4 Å². The molecule has 0 saturated carbocycles. The van der Waals surface area contributed by atoms with Crippen LogP contribution in [0.25, 0.3) is 5.65 Å². The second kappa shape index (κ2) is 6.02. The van der Waals surface area contributed by atoms with E-state index in [1.807, 2.05) is 17.5 Å². The van der Waals surface area contributed by atoms with Crippen molar-refractivity contribution >= 4 is 23.1 Å². The van der Waals surface area contributed by atoms with Gasteiger partial charge >= 0.3 is 0 Å². The van der Waals surface area contributed by atoms with Gasteiger partial charge in [-0.25, -0.2) is 4.98 Å². The Morgan fingerprint density at radius 1 is 1.39 bits per heavy atom. The summed E-state index contributed by atoms with van der Waals surface area (Å²) in [6.45, 7) is 4.24. The van der Waals surface area contributed by atoms with Crippen molar-refractivity contribution in [3.05, 3.63) is 24.0 Å². The van der Waals surface area contributed by atoms with Crippen molar-refractivity contribution < 1.29 is 4.74 Å². The van der Waals surface area contributed by atoms with Crippen LogP contribution in [0.2, 0.25) is 0 Å². The fourth-order valence-electron chi connectivity index (χ4n) is 1.91. The largest absolute Gasteiger partial charge is 0.383 e. The molecule has 2 rings (SSSR count). The van der Waals surface area contributed by atoms with Gasteiger partial charge in [0.15, 0.2) is 5.65 Å². The maximum Gasteiger partial charge on any atom is 0.157 e. The molecular weight excluding hydrogens is 252 g/mol. The Morgan fingerprint density at radius 3 is 2.94 bits per heavy atom. The van der Waals surface area contributed by atoms with E-state index < -0.39 is 0 Å². The van der Waals surface area contributed by atoms with Crippen molar-refractivity contribution in [3.8, 4) is 0 Å². The van der Waals surface area contributed by atoms with Gasteiger partial charge in [0.1, 0.15) is 12.1 Å². The number of alkyl halides is 1. The molecule has 0 unspecified atom stereocenters. The van der Waals surface area contributed by atoms with Gasteiger partial charge < -0.3 is 9.64 Å². The smallest absolute Gasteiger partial charge is 0.157 e. The molecular formula is C12H17ClN4O. The topological polar surface area (TPSA) is 42.7 Å². The lowest BCUT2D eigenvalue weighted by Gasteiger charge is -2.24. The highest BCUT2D eigenvalue weighted by atomic mass is 35.5. The molecule has 0 spiro atoms. The molecule has 5 nitrogen and oxygen atoms in total. The van der Waals surface area contributed by atoms with Crippen LogP contribution in [0.3, 0.4) is 0 Å². The number of hydrogen-bond donors (Lipinski definition) is 0. The minimum absolute atomic E-state index is 0.563. The molecule has 2 heterocycles. The Morgan fingerprint density at radius 2 is 2.22 bits per heavy atom. The zero-order valence-electron chi connectivity index (χ0n) is 10.6. The number of halogens is 1. The van der Waals surface area contributed by atoms with Gasteiger partial charge in [0.05, 0.1) is 6.61 Å². The molecule has 0 aromatic carbocycles. The number of methoxy groups -OCH3 is 1. The molecule has 0 N–H and O–H groups in total. The lowest BCUT2D eigenvalue weighted by Crippen LogP contribution is -2.31. The van der Waals surface area contributed by atoms with E-state index in [-0.39, 0.29) is 0 Å². The highest BCUT2D eigenvalue weighted by molar-refractivity contribution is 6.18. The van der Waals surface area contributed by atoms with Crippen LogP contribution < -0.4 is 4.90 Å². The van der Waals surface area contributed by atoms with Gasteiger partial charge in [-0.15, -0.1) is 11.6 Å². The molecule has 0 amide bonds. The minimum atomic E-state index is 0.563. The fraction of sp³-hybridized carbons (Fsp3) is 0.500. The second-order valence-electron chi connectivity index (χ2n) is 4.09. The number of nitrogens with zero attached hydrogens (tertiary/aromatic N) is 4. The third kappa shape index (κ3) is 2.73. The zero-order chi connectivity index (χ0) is 13.0. The summed E-state index contributed by atoms with van der Waals surface area (Å²) in [5.74, 6) is 1.56. The summed E-state index contributed by atoms with van der Waals surface area (Å²) in [7, 11) is 1.69. The van der Waals surface area contributed by atoms with Crippen LogP contribution in [-0.2, 0) is 4.74 Å². The van der Waals surface area contributed by atoms with Crippen LogP contribution in [0, 0.1) is 6.92 Å². The van der Waals surface area contributed by atoms with Gasteiger partial charge in [0, 0.05) is 26.1 Å². The summed E-state index contributed by atoms with van der Waals surface area (Å²) < 4.78 is 6.96. The number of hydrogen-bond acceptors (Lipinski definition) is 4. The first-order valence-corrected chi connectivity index (χ1v) is 6.40. The monoisotopic (exact) mass is 268 g/mol. The van der Waals surface area contributed by atoms with E-state index in [4.69, 9.17) is 16.3 Å². The standard InChI is InChI=1S/C12H17ClN4O/c1-10-7-11-14-9-15-17(11)12(8-10)16(4-3-13)5-6-18-2/h7-9H,3-6H2,1-2H3. The molecule has 6 heteroatoms. The Hall–Kier alpha value is -1.33. The first kappa shape index (κ1) is 13.1. The average Bonchev–Trinajstić information content (AvgIpc) is 2.81. The highest BCUT2D eigenvalue weighted by Crippen LogP contribution is 2.17. The Labute approximate surface area is 111 Å². The number of pyridine rings is 1. The van der Waals surface area contributed by atoms with Crippen molar-refractivity contribution in [2.75, 3.05) is 37.6 Å². The summed E-state index contributed by atoms with van der Waals surface area (Å²) >= 11 is 5.86. The van der Waals surface area contributed by atoms with Gasteiger partial charge in [-0.05, 0) is 24.6 Å². The fourth-order valence-corrected chi connectivity index (χ4v) is 2.11. The summed E-state index contributed by atoms with van der Waals surface area (Å²) in [6, 6.07) is 4.09. The number of fused-ring (bicyclic) bond motifs is 1. The van der Waals surface area contributed by atoms with E-state index in [9.17, 15) is 0 Å². The van der Waals surface area contributed by atoms with Crippen LogP contribution in [0.15, 0.2) is 18.5 Å². The van der Waals surface area contributed by atoms with Gasteiger partial charge in [0.2, 0.25) is 0 Å². The molecule has 0 atom stereocenters. The molecule has 2 aromatic heterocycles. The predicted molar refractivity (Wildman–Crippen MR) is 72.5 cm³/mol. The third-order valence-corrected chi connectivity index (χ3v) is 2.92. The van der Waals surface area contributed by atoms with Crippen molar-refractivity contribution in [3.63, 3.8) is 0 Å². The quantitative estimate of drug-likeness (QED) is 0.749. The summed E-state index contributed by atoms with van der Waals surface area (Å²) in [4.78, 5) is 6.38. The van der Waals surface area contributed by atoms with Crippen LogP contribution >= 0.6 is 11.6 Å². The van der Waals surface area contributed by atoms with E-state index in [0.29, 0.717) is 12.5 Å². The van der Waals surface area contributed by atoms with Gasteiger partial charge in [-0.1, -0.05) is 0 Å². The molecule has 0 bridgehead atoms. The molecule has 0 radical (unpaired) electrons. The number of anilines is 1. The number of rotatable bonds is 6. The van der Waals surface area contributed by atoms with E-state index in [2.05, 4.69) is 21.0 Å². The maximum absolute atomic E-state index is 5.86. The average molecular weight is 269 g/mol. The van der Waals surface area contributed by atoms with Crippen LogP contribution in [0.4, 0.5) is 5.82 Å². The molecule has 0 aliphatic rings. The second-order valence-corrected chi connectivity index (χ2v) is 4.47. The zero-order valence-corrected chi connectivity index (χ0v) is 11.4. The molecule has 0 aliphatic carbocycles. The van der Waals surface area contributed by atoms with Crippen molar-refractivity contribution in [2.45, 2.75) is 6.92 Å². The van der Waals surface area contributed by atoms with Gasteiger partial charge in [-0.3, -0.25) is 0 Å². The molecule has 0 fully saturated rings. The Bertz CT molecular complexity index is 514. The molecule has 0 aliphatic heterocycles. The molecule has 98 valence electrons. The van der Waals surface area contributed by atoms with Crippen LogP contribution in [-0.4, -0.2) is 47.3 Å². The first-order valence-electron chi connectivity index (χ1n) is 5.86. The normalized spacial score (nSPS) is 11.1. The number of ether oxygens (including phenoxy) is 1. The molecule has 2 aromatic rings. The number of aryl methyl sites for hydroxylation is 1. The lowest BCUT2D eigenvalue weighted by atomic mass is 10.2. The SMILES string of the molecule is COCCN(CCCl)c1cc(C)cc2ncnn12. The summed E-state index contributed by atoms with van der Waals surface area (Å²) in [5.41, 5.74) is 2.00. The van der Waals surface area contributed by atoms with E-state index in [1.165, 1.54) is 0 Å². The van der Waals surface area contributed by atoms with Crippen molar-refractivity contribution in [2.24, 2.45) is 0 Å². The molecule has 18 heavy (non-hydrogen) atoms. The number of aromatic nitrogens is 3. The van der Waals surface area contributed by atoms with Crippen molar-refractivity contribution in [1.29, 1.82) is 0 Å². The Balaban J connectivity index is 2.38. The highest BCUT2D eigenvalue weighted by Gasteiger charge is 2.11. The first-order chi connectivity index (χ1) is 8.76. The van der Waals surface area contributed by atoms with Crippen molar-refractivity contribution in [1.82, 2.24) is 14.6 Å². The lowest BCUT2D eigenvalue weighted by molar-refractivity contribution is 0.205. The Kier molecular flexibility index (Phi) is 4.38. The van der Waals surface area contributed by atoms with Crippen LogP contribution in [0.1, 0.15) is 5.56 Å². The van der Waals surface area contributed by atoms with Crippen LogP contribution in [0.5, 0.6) is 0 Å². The minimum Gasteiger partial charge on any atom is -0.383 e. The predicted octanol–water partition coefficient (Wildman–Crippen LogP) is 1.73. The summed E-state index contributed by atoms with van der Waals surface area (Å²) in [6.07, 6.45) is 1.56. The summed E-state index contributed by atoms with van der Waals surface area (Å²) in [5, 5.41) is 4.25. The van der Waals surface area contributed by atoms with Gasteiger partial charge in [0.25, 0.3) is 0 Å². The molecule has 0 saturated heterocycles. The maximum atomic E-state index is 5.86. The third-order valence-electron chi connectivity index (χ3n) is 2.75. The van der Waals surface area contributed by atoms with Gasteiger partial charge in [-0.2, -0.15) is 9.61 Å². The van der Waals surface area contributed by atoms with E-state index >= 15 is 0 Å².